The fourth-order valence-corrected chi connectivity index (χ4v) is 9.34. The zero-order chi connectivity index (χ0) is 29.3. The molecule has 3 saturated carbocycles. The first-order chi connectivity index (χ1) is 18.7. The molecule has 3 heteroatoms. The zero-order valence-corrected chi connectivity index (χ0v) is 26.5. The third-order valence-corrected chi connectivity index (χ3v) is 11.7. The highest BCUT2D eigenvalue weighted by Crippen LogP contribution is 2.63. The molecule has 0 aliphatic heterocycles. The summed E-state index contributed by atoms with van der Waals surface area (Å²) in [5, 5.41) is 11.6. The molecule has 3 fully saturated rings. The van der Waals surface area contributed by atoms with E-state index in [1.54, 1.807) is 0 Å². The van der Waals surface area contributed by atoms with Crippen molar-refractivity contribution in [1.82, 2.24) is 0 Å². The van der Waals surface area contributed by atoms with E-state index >= 15 is 0 Å². The van der Waals surface area contributed by atoms with E-state index in [4.69, 9.17) is 4.74 Å². The van der Waals surface area contributed by atoms with Gasteiger partial charge in [0.25, 0.3) is 0 Å². The van der Waals surface area contributed by atoms with Crippen molar-refractivity contribution in [1.29, 1.82) is 0 Å². The van der Waals surface area contributed by atoms with E-state index in [0.717, 1.165) is 44.1 Å². The van der Waals surface area contributed by atoms with Gasteiger partial charge in [0, 0.05) is 0 Å². The Bertz CT molecular complexity index is 1080. The molecule has 1 aromatic carbocycles. The van der Waals surface area contributed by atoms with Gasteiger partial charge in [0.05, 0.1) is 11.2 Å². The number of benzene rings is 1. The summed E-state index contributed by atoms with van der Waals surface area (Å²) in [7, 11) is 0. The van der Waals surface area contributed by atoms with Gasteiger partial charge in [-0.25, -0.2) is 4.79 Å². The fraction of sp³-hybridized carbons (Fsp3) is 0.703. The number of carbonyl (C=O) groups is 1. The molecule has 0 heterocycles. The highest BCUT2D eigenvalue weighted by atomic mass is 16.5. The second-order valence-corrected chi connectivity index (χ2v) is 15.4. The minimum Gasteiger partial charge on any atom is -0.454 e. The Hall–Kier alpha value is -1.87. The van der Waals surface area contributed by atoms with Crippen molar-refractivity contribution < 1.29 is 14.6 Å². The molecule has 3 nitrogen and oxygen atoms in total. The summed E-state index contributed by atoms with van der Waals surface area (Å²) < 4.78 is 6.26. The van der Waals surface area contributed by atoms with Gasteiger partial charge in [-0.2, -0.15) is 0 Å². The average molecular weight is 549 g/mol. The largest absolute Gasteiger partial charge is 0.454 e. The van der Waals surface area contributed by atoms with E-state index in [1.165, 1.54) is 37.7 Å². The summed E-state index contributed by atoms with van der Waals surface area (Å²) in [4.78, 5) is 13.2. The van der Waals surface area contributed by atoms with Crippen LogP contribution in [0.4, 0.5) is 0 Å². The van der Waals surface area contributed by atoms with E-state index in [2.05, 4.69) is 61.1 Å². The monoisotopic (exact) mass is 548 g/mol. The lowest BCUT2D eigenvalue weighted by molar-refractivity contribution is -0.168. The quantitative estimate of drug-likeness (QED) is 0.260. The molecule has 40 heavy (non-hydrogen) atoms. The lowest BCUT2D eigenvalue weighted by atomic mass is 9.45. The Morgan fingerprint density at radius 1 is 1.02 bits per heavy atom. The van der Waals surface area contributed by atoms with Crippen molar-refractivity contribution in [2.75, 3.05) is 0 Å². The average Bonchev–Trinajstić information content (AvgIpc) is 2.86. The Morgan fingerprint density at radius 3 is 2.38 bits per heavy atom. The maximum absolute atomic E-state index is 13.2. The summed E-state index contributed by atoms with van der Waals surface area (Å²) in [6.07, 6.45) is 13.8. The molecule has 222 valence electrons. The predicted molar refractivity (Wildman–Crippen MR) is 166 cm³/mol. The first-order valence-electron chi connectivity index (χ1n) is 16.0. The van der Waals surface area contributed by atoms with Crippen LogP contribution in [-0.4, -0.2) is 22.8 Å². The number of aliphatic hydroxyl groups is 1. The van der Waals surface area contributed by atoms with Gasteiger partial charge in [-0.05, 0) is 130 Å². The molecule has 1 unspecified atom stereocenters. The van der Waals surface area contributed by atoms with Crippen LogP contribution >= 0.6 is 0 Å². The molecule has 0 radical (unpaired) electrons. The second-order valence-electron chi connectivity index (χ2n) is 15.4. The van der Waals surface area contributed by atoms with Gasteiger partial charge in [0.15, 0.2) is 0 Å². The van der Waals surface area contributed by atoms with Crippen LogP contribution in [0.2, 0.25) is 0 Å². The smallest absolute Gasteiger partial charge is 0.338 e. The number of carbonyl (C=O) groups excluding carboxylic acids is 1. The van der Waals surface area contributed by atoms with Crippen molar-refractivity contribution in [2.45, 2.75) is 131 Å². The maximum Gasteiger partial charge on any atom is 0.338 e. The van der Waals surface area contributed by atoms with Gasteiger partial charge in [0.1, 0.15) is 6.10 Å². The van der Waals surface area contributed by atoms with Crippen LogP contribution in [0, 0.1) is 34.0 Å². The number of ether oxygens (including phenoxy) is 1. The van der Waals surface area contributed by atoms with Gasteiger partial charge in [-0.15, -0.1) is 0 Å². The van der Waals surface area contributed by atoms with Crippen LogP contribution in [-0.2, 0) is 4.74 Å². The summed E-state index contributed by atoms with van der Waals surface area (Å²) in [5.74, 6) is 0.988. The molecule has 4 rings (SSSR count). The summed E-state index contributed by atoms with van der Waals surface area (Å²) >= 11 is 0. The van der Waals surface area contributed by atoms with Gasteiger partial charge in [-0.3, -0.25) is 0 Å². The van der Waals surface area contributed by atoms with Crippen LogP contribution in [0.5, 0.6) is 0 Å². The normalized spacial score (nSPS) is 34.5. The number of allylic oxidation sites excluding steroid dienone is 2. The van der Waals surface area contributed by atoms with Crippen LogP contribution < -0.4 is 0 Å². The summed E-state index contributed by atoms with van der Waals surface area (Å²) in [6, 6.07) is 9.35. The molecule has 0 bridgehead atoms. The topological polar surface area (TPSA) is 46.5 Å². The third-order valence-electron chi connectivity index (χ3n) is 11.7. The molecule has 3 aliphatic carbocycles. The molecule has 0 spiro atoms. The SMILES string of the molecule is C=C1CCCC(C)(C)[C@@H]1CC(OC(=O)c1ccccc1)/C(C)=C/CC[C@@H]1[C@@]2(C)CCCC(C)(C)[C@@H]2CC[C@@]1(C)O. The number of hydrogen-bond acceptors (Lipinski definition) is 3. The number of esters is 1. The summed E-state index contributed by atoms with van der Waals surface area (Å²) in [5.41, 5.74) is 3.02. The molecule has 6 atom stereocenters. The molecule has 1 aromatic rings. The van der Waals surface area contributed by atoms with Crippen LogP contribution in [0.15, 0.2) is 54.1 Å². The number of rotatable bonds is 8. The first kappa shape index (κ1) is 31.1. The predicted octanol–water partition coefficient (Wildman–Crippen LogP) is 9.70. The Labute approximate surface area is 244 Å². The standard InChI is InChI=1S/C37H56O3/c1-26-16-13-21-34(3,4)29(26)25-30(40-33(38)28-17-10-9-11-18-28)27(2)15-12-19-32-36(7)23-14-22-35(5,6)31(36)20-24-37(32,8)39/h9-11,15,17-18,29-32,39H,1,12-14,16,19-25H2,2-8H3/b27-15+/t29-,30?,31+,32-,36+,37-/m1/s1. The minimum atomic E-state index is -0.635. The highest BCUT2D eigenvalue weighted by Gasteiger charge is 2.57. The van der Waals surface area contributed by atoms with Crippen molar-refractivity contribution in [2.24, 2.45) is 34.0 Å². The minimum absolute atomic E-state index is 0.144. The number of fused-ring (bicyclic) bond motifs is 1. The fourth-order valence-electron chi connectivity index (χ4n) is 9.34. The maximum atomic E-state index is 13.2. The van der Waals surface area contributed by atoms with Crippen LogP contribution in [0.1, 0.15) is 129 Å². The van der Waals surface area contributed by atoms with Crippen molar-refractivity contribution in [3.05, 3.63) is 59.7 Å². The van der Waals surface area contributed by atoms with Crippen LogP contribution in [0.3, 0.4) is 0 Å². The summed E-state index contributed by atoms with van der Waals surface area (Å²) in [6.45, 7) is 20.7. The third kappa shape index (κ3) is 6.45. The van der Waals surface area contributed by atoms with Crippen molar-refractivity contribution in [3.63, 3.8) is 0 Å². The van der Waals surface area contributed by atoms with E-state index in [9.17, 15) is 9.90 Å². The molecule has 1 N–H and O–H groups in total. The van der Waals surface area contributed by atoms with Gasteiger partial charge < -0.3 is 9.84 Å². The molecule has 0 amide bonds. The first-order valence-corrected chi connectivity index (χ1v) is 16.0. The van der Waals surface area contributed by atoms with E-state index in [1.807, 2.05) is 30.3 Å². The second kappa shape index (κ2) is 11.8. The molecular formula is C37H56O3. The van der Waals surface area contributed by atoms with E-state index in [-0.39, 0.29) is 28.8 Å². The zero-order valence-electron chi connectivity index (χ0n) is 26.5. The van der Waals surface area contributed by atoms with Crippen molar-refractivity contribution in [3.8, 4) is 0 Å². The highest BCUT2D eigenvalue weighted by molar-refractivity contribution is 5.89. The Kier molecular flexibility index (Phi) is 9.16. The molecule has 3 aliphatic rings. The lowest BCUT2D eigenvalue weighted by Gasteiger charge is -2.61. The molecule has 0 saturated heterocycles. The van der Waals surface area contributed by atoms with E-state index in [0.29, 0.717) is 22.8 Å². The van der Waals surface area contributed by atoms with Crippen LogP contribution in [0.25, 0.3) is 0 Å². The van der Waals surface area contributed by atoms with E-state index < -0.39 is 5.60 Å². The lowest BCUT2D eigenvalue weighted by Crippen LogP contribution is -2.57. The Morgan fingerprint density at radius 2 is 1.70 bits per heavy atom. The Balaban J connectivity index is 1.54. The van der Waals surface area contributed by atoms with Gasteiger partial charge in [0.2, 0.25) is 0 Å². The molecule has 0 aromatic heterocycles. The molecular weight excluding hydrogens is 492 g/mol. The van der Waals surface area contributed by atoms with Gasteiger partial charge >= 0.3 is 5.97 Å². The van der Waals surface area contributed by atoms with Crippen molar-refractivity contribution >= 4 is 5.97 Å². The van der Waals surface area contributed by atoms with Gasteiger partial charge in [-0.1, -0.05) is 77.5 Å². The number of hydrogen-bond donors (Lipinski definition) is 1.